The van der Waals surface area contributed by atoms with E-state index in [-0.39, 0.29) is 22.7 Å². The van der Waals surface area contributed by atoms with Gasteiger partial charge in [0.15, 0.2) is 11.3 Å². The Bertz CT molecular complexity index is 888. The lowest BCUT2D eigenvalue weighted by molar-refractivity contribution is 0.0934. The van der Waals surface area contributed by atoms with Crippen molar-refractivity contribution < 1.29 is 4.79 Å². The molecule has 2 heterocycles. The zero-order chi connectivity index (χ0) is 18.0. The van der Waals surface area contributed by atoms with Gasteiger partial charge in [0, 0.05) is 12.4 Å². The van der Waals surface area contributed by atoms with E-state index in [0.717, 1.165) is 12.0 Å². The number of fused-ring (bicyclic) bond motifs is 1. The molecule has 2 atom stereocenters. The lowest BCUT2D eigenvalue weighted by Crippen LogP contribution is -2.27. The minimum Gasteiger partial charge on any atom is -0.344 e. The zero-order valence-corrected chi connectivity index (χ0v) is 15.3. The second kappa shape index (κ2) is 7.23. The molecule has 1 N–H and O–H groups in total. The van der Waals surface area contributed by atoms with Crippen LogP contribution in [0.2, 0.25) is 5.02 Å². The van der Waals surface area contributed by atoms with Gasteiger partial charge in [0.2, 0.25) is 0 Å². The molecule has 25 heavy (non-hydrogen) atoms. The van der Waals surface area contributed by atoms with E-state index in [1.165, 1.54) is 10.1 Å². The molecule has 0 radical (unpaired) electrons. The number of halogens is 1. The number of amides is 1. The second-order valence-electron chi connectivity index (χ2n) is 6.22. The van der Waals surface area contributed by atoms with Crippen molar-refractivity contribution >= 4 is 23.2 Å². The maximum Gasteiger partial charge on any atom is 0.273 e. The molecule has 0 aliphatic carbocycles. The number of hydrogen-bond donors (Lipinski definition) is 1. The van der Waals surface area contributed by atoms with Crippen LogP contribution in [0, 0.1) is 0 Å². The number of carbonyl (C=O) groups excluding carboxylic acids is 1. The van der Waals surface area contributed by atoms with Crippen LogP contribution in [0.3, 0.4) is 0 Å². The highest BCUT2D eigenvalue weighted by Crippen LogP contribution is 2.23. The number of nitrogens with zero attached hydrogens (tertiary/aromatic N) is 3. The van der Waals surface area contributed by atoms with Gasteiger partial charge >= 0.3 is 0 Å². The van der Waals surface area contributed by atoms with Crippen LogP contribution in [0.5, 0.6) is 0 Å². The summed E-state index contributed by atoms with van der Waals surface area (Å²) < 4.78 is 1.50. The monoisotopic (exact) mass is 356 g/mol. The van der Waals surface area contributed by atoms with E-state index in [2.05, 4.69) is 53.5 Å². The molecule has 1 amide bonds. The molecule has 5 nitrogen and oxygen atoms in total. The van der Waals surface area contributed by atoms with Gasteiger partial charge in [-0.3, -0.25) is 4.79 Å². The lowest BCUT2D eigenvalue weighted by Gasteiger charge is -2.15. The number of carbonyl (C=O) groups is 1. The largest absolute Gasteiger partial charge is 0.344 e. The fourth-order valence-electron chi connectivity index (χ4n) is 2.70. The fourth-order valence-corrected chi connectivity index (χ4v) is 2.96. The molecule has 130 valence electrons. The van der Waals surface area contributed by atoms with Gasteiger partial charge in [0.05, 0.1) is 6.04 Å². The van der Waals surface area contributed by atoms with Crippen LogP contribution in [0.4, 0.5) is 0 Å². The molecule has 0 bridgehead atoms. The molecule has 0 saturated heterocycles. The minimum absolute atomic E-state index is 0.146. The smallest absolute Gasteiger partial charge is 0.273 e. The normalized spacial score (nSPS) is 13.6. The fraction of sp³-hybridized carbons (Fsp3) is 0.316. The molecule has 0 aliphatic heterocycles. The van der Waals surface area contributed by atoms with E-state index in [1.54, 1.807) is 18.5 Å². The third-order valence-corrected chi connectivity index (χ3v) is 4.87. The van der Waals surface area contributed by atoms with Gasteiger partial charge in [-0.1, -0.05) is 49.7 Å². The predicted octanol–water partition coefficient (Wildman–Crippen LogP) is 4.39. The van der Waals surface area contributed by atoms with Crippen LogP contribution in [0.15, 0.2) is 42.7 Å². The van der Waals surface area contributed by atoms with E-state index in [4.69, 9.17) is 11.6 Å². The number of nitrogens with one attached hydrogen (secondary N) is 1. The highest BCUT2D eigenvalue weighted by atomic mass is 35.5. The Kier molecular flexibility index (Phi) is 5.04. The molecule has 0 spiro atoms. The van der Waals surface area contributed by atoms with Crippen molar-refractivity contribution in [3.63, 3.8) is 0 Å². The predicted molar refractivity (Wildman–Crippen MR) is 99.0 cm³/mol. The van der Waals surface area contributed by atoms with E-state index >= 15 is 0 Å². The van der Waals surface area contributed by atoms with Crippen LogP contribution in [0.1, 0.15) is 60.8 Å². The summed E-state index contributed by atoms with van der Waals surface area (Å²) in [4.78, 5) is 16.7. The zero-order valence-electron chi connectivity index (χ0n) is 14.5. The first-order chi connectivity index (χ1) is 12.0. The summed E-state index contributed by atoms with van der Waals surface area (Å²) in [6.45, 7) is 6.33. The standard InChI is InChI=1S/C19H21ClN4O/c1-4-12(2)14-6-8-15(9-7-14)13(3)22-19(25)17-16(20)18-21-10-5-11-24(18)23-17/h5-13H,4H2,1-3H3,(H,22,25). The molecule has 1 aromatic carbocycles. The molecule has 3 rings (SSSR count). The second-order valence-corrected chi connectivity index (χ2v) is 6.60. The van der Waals surface area contributed by atoms with Gasteiger partial charge in [-0.2, -0.15) is 5.10 Å². The van der Waals surface area contributed by atoms with Gasteiger partial charge in [0.25, 0.3) is 5.91 Å². The Morgan fingerprint density at radius 3 is 2.56 bits per heavy atom. The summed E-state index contributed by atoms with van der Waals surface area (Å²) in [5.41, 5.74) is 3.00. The van der Waals surface area contributed by atoms with Crippen molar-refractivity contribution in [3.05, 3.63) is 64.6 Å². The van der Waals surface area contributed by atoms with Gasteiger partial charge in [-0.05, 0) is 36.5 Å². The molecule has 2 aromatic heterocycles. The Balaban J connectivity index is 1.76. The topological polar surface area (TPSA) is 59.3 Å². The number of benzene rings is 1. The third kappa shape index (κ3) is 3.51. The first-order valence-corrected chi connectivity index (χ1v) is 8.78. The quantitative estimate of drug-likeness (QED) is 0.737. The molecule has 0 fully saturated rings. The van der Waals surface area contributed by atoms with E-state index < -0.39 is 0 Å². The van der Waals surface area contributed by atoms with Crippen molar-refractivity contribution in [2.45, 2.75) is 39.2 Å². The van der Waals surface area contributed by atoms with Crippen molar-refractivity contribution in [2.75, 3.05) is 0 Å². The molecule has 0 saturated carbocycles. The maximum atomic E-state index is 12.5. The van der Waals surface area contributed by atoms with Crippen LogP contribution >= 0.6 is 11.6 Å². The van der Waals surface area contributed by atoms with Crippen LogP contribution in [-0.4, -0.2) is 20.5 Å². The maximum absolute atomic E-state index is 12.5. The molecular weight excluding hydrogens is 336 g/mol. The number of aromatic nitrogens is 3. The molecule has 2 unspecified atom stereocenters. The van der Waals surface area contributed by atoms with Crippen molar-refractivity contribution in [1.29, 1.82) is 0 Å². The molecular formula is C19H21ClN4O. The van der Waals surface area contributed by atoms with Crippen molar-refractivity contribution in [2.24, 2.45) is 0 Å². The average Bonchev–Trinajstić information content (AvgIpc) is 2.98. The first kappa shape index (κ1) is 17.4. The summed E-state index contributed by atoms with van der Waals surface area (Å²) in [5, 5.41) is 7.43. The first-order valence-electron chi connectivity index (χ1n) is 8.40. The lowest BCUT2D eigenvalue weighted by atomic mass is 9.96. The summed E-state index contributed by atoms with van der Waals surface area (Å²) in [6.07, 6.45) is 4.43. The average molecular weight is 357 g/mol. The van der Waals surface area contributed by atoms with Crippen LogP contribution < -0.4 is 5.32 Å². The number of hydrogen-bond acceptors (Lipinski definition) is 3. The van der Waals surface area contributed by atoms with E-state index in [9.17, 15) is 4.79 Å². The Hall–Kier alpha value is -2.40. The summed E-state index contributed by atoms with van der Waals surface area (Å²) in [7, 11) is 0. The van der Waals surface area contributed by atoms with E-state index in [1.807, 2.05) is 6.92 Å². The van der Waals surface area contributed by atoms with Crippen LogP contribution in [-0.2, 0) is 0 Å². The molecule has 3 aromatic rings. The Morgan fingerprint density at radius 1 is 1.24 bits per heavy atom. The van der Waals surface area contributed by atoms with Gasteiger partial charge in [0.1, 0.15) is 5.02 Å². The molecule has 0 aliphatic rings. The van der Waals surface area contributed by atoms with E-state index in [0.29, 0.717) is 11.6 Å². The van der Waals surface area contributed by atoms with Gasteiger partial charge in [-0.15, -0.1) is 0 Å². The summed E-state index contributed by atoms with van der Waals surface area (Å²) in [6, 6.07) is 9.94. The Labute approximate surface area is 152 Å². The van der Waals surface area contributed by atoms with Crippen LogP contribution in [0.25, 0.3) is 5.65 Å². The minimum atomic E-state index is -0.311. The summed E-state index contributed by atoms with van der Waals surface area (Å²) in [5.74, 6) is 0.220. The number of rotatable bonds is 5. The summed E-state index contributed by atoms with van der Waals surface area (Å²) >= 11 is 6.25. The highest BCUT2D eigenvalue weighted by Gasteiger charge is 2.20. The molecule has 6 heteroatoms. The van der Waals surface area contributed by atoms with Crippen molar-refractivity contribution in [1.82, 2.24) is 19.9 Å². The SMILES string of the molecule is CCC(C)c1ccc(C(C)NC(=O)c2nn3cccnc3c2Cl)cc1. The van der Waals surface area contributed by atoms with Crippen molar-refractivity contribution in [3.8, 4) is 0 Å². The van der Waals surface area contributed by atoms with Gasteiger partial charge < -0.3 is 5.32 Å². The third-order valence-electron chi connectivity index (χ3n) is 4.52. The van der Waals surface area contributed by atoms with Gasteiger partial charge in [-0.25, -0.2) is 9.50 Å². The highest BCUT2D eigenvalue weighted by molar-refractivity contribution is 6.36. The Morgan fingerprint density at radius 2 is 1.92 bits per heavy atom.